The molecule has 114 valence electrons. The summed E-state index contributed by atoms with van der Waals surface area (Å²) in [6.07, 6.45) is 0. The topological polar surface area (TPSA) is 84.2 Å². The summed E-state index contributed by atoms with van der Waals surface area (Å²) in [5.74, 6) is -0.809. The van der Waals surface area contributed by atoms with Crippen LogP contribution in [-0.4, -0.2) is 17.9 Å². The summed E-state index contributed by atoms with van der Waals surface area (Å²) >= 11 is 5.89. The van der Waals surface area contributed by atoms with Gasteiger partial charge in [-0.2, -0.15) is 0 Å². The Hall–Kier alpha value is -2.53. The first-order valence-electron chi connectivity index (χ1n) is 6.69. The smallest absolute Gasteiger partial charge is 0.250 e. The van der Waals surface area contributed by atoms with Crippen LogP contribution in [0.2, 0.25) is 5.02 Å². The number of nitrogens with one attached hydrogen (secondary N) is 2. The molecule has 0 radical (unpaired) electrons. The quantitative estimate of drug-likeness (QED) is 0.792. The lowest BCUT2D eigenvalue weighted by Crippen LogP contribution is -2.31. The predicted octanol–water partition coefficient (Wildman–Crippen LogP) is 2.88. The molecule has 0 aliphatic rings. The third-order valence-electron chi connectivity index (χ3n) is 3.05. The van der Waals surface area contributed by atoms with E-state index < -0.39 is 11.9 Å². The van der Waals surface area contributed by atoms with E-state index in [0.29, 0.717) is 5.69 Å². The number of benzene rings is 2. The van der Waals surface area contributed by atoms with Crippen molar-refractivity contribution in [2.24, 2.45) is 5.73 Å². The van der Waals surface area contributed by atoms with Gasteiger partial charge in [-0.05, 0) is 37.3 Å². The average molecular weight is 318 g/mol. The zero-order valence-electron chi connectivity index (χ0n) is 12.0. The van der Waals surface area contributed by atoms with Gasteiger partial charge in [0, 0.05) is 11.4 Å². The number of para-hydroxylation sites is 1. The molecule has 6 heteroatoms. The summed E-state index contributed by atoms with van der Waals surface area (Å²) in [4.78, 5) is 23.4. The fourth-order valence-electron chi connectivity index (χ4n) is 1.89. The standard InChI is InChI=1S/C16H16ClN3O2/c1-10(16(22)20-11-5-3-2-4-6-11)19-12-7-8-14(17)13(9-12)15(18)21/h2-10,19H,1H3,(H2,18,21)(H,20,22). The summed E-state index contributed by atoms with van der Waals surface area (Å²) in [6.45, 7) is 1.72. The fourth-order valence-corrected chi connectivity index (χ4v) is 2.10. The molecule has 2 aromatic carbocycles. The van der Waals surface area contributed by atoms with E-state index in [1.54, 1.807) is 31.2 Å². The number of halogens is 1. The Balaban J connectivity index is 2.05. The number of hydrogen-bond acceptors (Lipinski definition) is 3. The molecule has 0 bridgehead atoms. The van der Waals surface area contributed by atoms with Crippen molar-refractivity contribution in [3.63, 3.8) is 0 Å². The van der Waals surface area contributed by atoms with Crippen molar-refractivity contribution in [3.05, 3.63) is 59.1 Å². The lowest BCUT2D eigenvalue weighted by atomic mass is 10.1. The van der Waals surface area contributed by atoms with Crippen LogP contribution >= 0.6 is 11.6 Å². The number of carbonyl (C=O) groups excluding carboxylic acids is 2. The maximum absolute atomic E-state index is 12.1. The van der Waals surface area contributed by atoms with Crippen molar-refractivity contribution in [2.45, 2.75) is 13.0 Å². The van der Waals surface area contributed by atoms with E-state index in [4.69, 9.17) is 17.3 Å². The molecule has 22 heavy (non-hydrogen) atoms. The van der Waals surface area contributed by atoms with Crippen LogP contribution in [0.25, 0.3) is 0 Å². The highest BCUT2D eigenvalue weighted by Crippen LogP contribution is 2.20. The second-order valence-corrected chi connectivity index (χ2v) is 5.19. The van der Waals surface area contributed by atoms with Gasteiger partial charge in [0.25, 0.3) is 0 Å². The number of amides is 2. The Bertz CT molecular complexity index is 689. The third-order valence-corrected chi connectivity index (χ3v) is 3.38. The highest BCUT2D eigenvalue weighted by molar-refractivity contribution is 6.33. The molecule has 0 aliphatic carbocycles. The highest BCUT2D eigenvalue weighted by Gasteiger charge is 2.14. The van der Waals surface area contributed by atoms with Crippen LogP contribution in [0.15, 0.2) is 48.5 Å². The molecule has 0 saturated carbocycles. The number of nitrogens with two attached hydrogens (primary N) is 1. The minimum atomic E-state index is -0.616. The van der Waals surface area contributed by atoms with Gasteiger partial charge >= 0.3 is 0 Å². The first kappa shape index (κ1) is 15.9. The van der Waals surface area contributed by atoms with Crippen LogP contribution in [0.3, 0.4) is 0 Å². The lowest BCUT2D eigenvalue weighted by Gasteiger charge is -2.16. The van der Waals surface area contributed by atoms with Gasteiger partial charge in [0.1, 0.15) is 6.04 Å². The van der Waals surface area contributed by atoms with Gasteiger partial charge in [0.15, 0.2) is 0 Å². The zero-order chi connectivity index (χ0) is 16.1. The minimum absolute atomic E-state index is 0.193. The molecule has 2 rings (SSSR count). The fraction of sp³-hybridized carbons (Fsp3) is 0.125. The second-order valence-electron chi connectivity index (χ2n) is 4.78. The molecule has 4 N–H and O–H groups in total. The highest BCUT2D eigenvalue weighted by atomic mass is 35.5. The van der Waals surface area contributed by atoms with E-state index >= 15 is 0 Å². The SMILES string of the molecule is CC(Nc1ccc(Cl)c(C(N)=O)c1)C(=O)Nc1ccccc1. The molecule has 2 amide bonds. The average Bonchev–Trinajstić information content (AvgIpc) is 2.49. The predicted molar refractivity (Wildman–Crippen MR) is 88.1 cm³/mol. The van der Waals surface area contributed by atoms with Crippen molar-refractivity contribution in [1.82, 2.24) is 0 Å². The van der Waals surface area contributed by atoms with E-state index in [9.17, 15) is 9.59 Å². The largest absolute Gasteiger partial charge is 0.374 e. The Kier molecular flexibility index (Phi) is 5.01. The summed E-state index contributed by atoms with van der Waals surface area (Å²) in [6, 6.07) is 13.4. The van der Waals surface area contributed by atoms with E-state index in [1.807, 2.05) is 18.2 Å². The Morgan fingerprint density at radius 3 is 2.41 bits per heavy atom. The van der Waals surface area contributed by atoms with E-state index in [2.05, 4.69) is 10.6 Å². The number of primary amides is 1. The molecule has 0 aliphatic heterocycles. The Labute approximate surface area is 133 Å². The van der Waals surface area contributed by atoms with Crippen LogP contribution in [0.5, 0.6) is 0 Å². The van der Waals surface area contributed by atoms with Crippen LogP contribution in [0, 0.1) is 0 Å². The molecule has 0 heterocycles. The maximum atomic E-state index is 12.1. The van der Waals surface area contributed by atoms with Gasteiger partial charge in [-0.25, -0.2) is 0 Å². The molecule has 0 saturated heterocycles. The first-order chi connectivity index (χ1) is 10.5. The van der Waals surface area contributed by atoms with Gasteiger partial charge in [0.2, 0.25) is 11.8 Å². The normalized spacial score (nSPS) is 11.5. The second kappa shape index (κ2) is 6.95. The van der Waals surface area contributed by atoms with Crippen molar-refractivity contribution < 1.29 is 9.59 Å². The summed E-state index contributed by atoms with van der Waals surface area (Å²) in [5.41, 5.74) is 6.77. The number of rotatable bonds is 5. The lowest BCUT2D eigenvalue weighted by molar-refractivity contribution is -0.116. The Morgan fingerprint density at radius 1 is 1.09 bits per heavy atom. The van der Waals surface area contributed by atoms with E-state index in [-0.39, 0.29) is 16.5 Å². The van der Waals surface area contributed by atoms with Crippen molar-refractivity contribution in [3.8, 4) is 0 Å². The molecule has 0 fully saturated rings. The Morgan fingerprint density at radius 2 is 1.77 bits per heavy atom. The summed E-state index contributed by atoms with van der Waals surface area (Å²) < 4.78 is 0. The monoisotopic (exact) mass is 317 g/mol. The van der Waals surface area contributed by atoms with Gasteiger partial charge in [-0.3, -0.25) is 9.59 Å². The van der Waals surface area contributed by atoms with Crippen LogP contribution in [0.1, 0.15) is 17.3 Å². The van der Waals surface area contributed by atoms with Crippen molar-refractivity contribution >= 4 is 34.8 Å². The molecule has 2 aromatic rings. The van der Waals surface area contributed by atoms with Crippen molar-refractivity contribution in [1.29, 1.82) is 0 Å². The zero-order valence-corrected chi connectivity index (χ0v) is 12.7. The van der Waals surface area contributed by atoms with Crippen molar-refractivity contribution in [2.75, 3.05) is 10.6 Å². The summed E-state index contributed by atoms with van der Waals surface area (Å²) in [7, 11) is 0. The van der Waals surface area contributed by atoms with Crippen LogP contribution in [0.4, 0.5) is 11.4 Å². The molecular weight excluding hydrogens is 302 g/mol. The van der Waals surface area contributed by atoms with Crippen LogP contribution in [-0.2, 0) is 4.79 Å². The number of hydrogen-bond donors (Lipinski definition) is 3. The number of carbonyl (C=O) groups is 2. The van der Waals surface area contributed by atoms with Gasteiger partial charge < -0.3 is 16.4 Å². The molecule has 0 aromatic heterocycles. The molecule has 5 nitrogen and oxygen atoms in total. The van der Waals surface area contributed by atoms with E-state index in [0.717, 1.165) is 5.69 Å². The van der Waals surface area contributed by atoms with Gasteiger partial charge in [-0.1, -0.05) is 29.8 Å². The van der Waals surface area contributed by atoms with Gasteiger partial charge in [0.05, 0.1) is 10.6 Å². The first-order valence-corrected chi connectivity index (χ1v) is 7.07. The summed E-state index contributed by atoms with van der Waals surface area (Å²) in [5, 5.41) is 6.07. The van der Waals surface area contributed by atoms with Gasteiger partial charge in [-0.15, -0.1) is 0 Å². The maximum Gasteiger partial charge on any atom is 0.250 e. The number of anilines is 2. The molecular formula is C16H16ClN3O2. The molecule has 1 atom stereocenters. The molecule has 0 spiro atoms. The van der Waals surface area contributed by atoms with Crippen LogP contribution < -0.4 is 16.4 Å². The third kappa shape index (κ3) is 3.99. The molecule has 1 unspecified atom stereocenters. The van der Waals surface area contributed by atoms with E-state index in [1.165, 1.54) is 6.07 Å². The minimum Gasteiger partial charge on any atom is -0.374 e.